The van der Waals surface area contributed by atoms with Crippen LogP contribution < -0.4 is 5.32 Å². The summed E-state index contributed by atoms with van der Waals surface area (Å²) in [5.74, 6) is -0.124. The number of nitrogens with one attached hydrogen (secondary N) is 1. The van der Waals surface area contributed by atoms with Gasteiger partial charge in [0.15, 0.2) is 0 Å². The van der Waals surface area contributed by atoms with Crippen LogP contribution in [0.3, 0.4) is 0 Å². The van der Waals surface area contributed by atoms with E-state index in [0.717, 1.165) is 11.4 Å². The van der Waals surface area contributed by atoms with Gasteiger partial charge in [0.2, 0.25) is 0 Å². The molecule has 0 spiro atoms. The molecule has 0 aliphatic carbocycles. The van der Waals surface area contributed by atoms with Crippen LogP contribution in [0.1, 0.15) is 28.6 Å². The zero-order chi connectivity index (χ0) is 14.0. The van der Waals surface area contributed by atoms with Crippen molar-refractivity contribution >= 4 is 0 Å². The molecule has 1 aromatic heterocycles. The predicted molar refractivity (Wildman–Crippen MR) is 74.6 cm³/mol. The molecule has 4 heteroatoms. The second-order valence-electron chi connectivity index (χ2n) is 4.92. The SMILES string of the molecule is CNC(Cc1cc(C)nn1C)c1cccc(C)c1F. The van der Waals surface area contributed by atoms with E-state index in [1.165, 1.54) is 0 Å². The van der Waals surface area contributed by atoms with Crippen LogP contribution in [0.15, 0.2) is 24.3 Å². The zero-order valence-electron chi connectivity index (χ0n) is 11.9. The number of hydrogen-bond donors (Lipinski definition) is 1. The second-order valence-corrected chi connectivity index (χ2v) is 4.92. The summed E-state index contributed by atoms with van der Waals surface area (Å²) in [5, 5.41) is 7.52. The molecule has 0 aliphatic heterocycles. The summed E-state index contributed by atoms with van der Waals surface area (Å²) in [6.07, 6.45) is 0.716. The van der Waals surface area contributed by atoms with Gasteiger partial charge in [-0.15, -0.1) is 0 Å². The lowest BCUT2D eigenvalue weighted by molar-refractivity contribution is 0.516. The van der Waals surface area contributed by atoms with E-state index in [-0.39, 0.29) is 11.9 Å². The molecule has 0 aliphatic rings. The maximum atomic E-state index is 14.2. The predicted octanol–water partition coefficient (Wildman–Crippen LogP) is 2.68. The molecular weight excluding hydrogens is 241 g/mol. The van der Waals surface area contributed by atoms with E-state index < -0.39 is 0 Å². The minimum absolute atomic E-state index is 0.0466. The van der Waals surface area contributed by atoms with Crippen LogP contribution in [0.4, 0.5) is 4.39 Å². The van der Waals surface area contributed by atoms with E-state index in [1.807, 2.05) is 43.9 Å². The Bertz CT molecular complexity index is 575. The Morgan fingerprint density at radius 3 is 2.68 bits per heavy atom. The smallest absolute Gasteiger partial charge is 0.130 e. The number of halogens is 1. The van der Waals surface area contributed by atoms with E-state index in [2.05, 4.69) is 10.4 Å². The van der Waals surface area contributed by atoms with Crippen LogP contribution in [0.25, 0.3) is 0 Å². The first-order valence-corrected chi connectivity index (χ1v) is 6.44. The van der Waals surface area contributed by atoms with Gasteiger partial charge >= 0.3 is 0 Å². The van der Waals surface area contributed by atoms with Crippen LogP contribution in [0, 0.1) is 19.7 Å². The molecule has 102 valence electrons. The number of likely N-dealkylation sites (N-methyl/N-ethyl adjacent to an activating group) is 1. The molecule has 0 saturated heterocycles. The van der Waals surface area contributed by atoms with Crippen LogP contribution in [-0.2, 0) is 13.5 Å². The minimum Gasteiger partial charge on any atom is -0.313 e. The molecule has 1 aromatic carbocycles. The summed E-state index contributed by atoms with van der Waals surface area (Å²) < 4.78 is 16.0. The third-order valence-corrected chi connectivity index (χ3v) is 3.46. The highest BCUT2D eigenvalue weighted by molar-refractivity contribution is 5.28. The monoisotopic (exact) mass is 261 g/mol. The molecule has 0 radical (unpaired) electrons. The van der Waals surface area contributed by atoms with Crippen LogP contribution >= 0.6 is 0 Å². The summed E-state index contributed by atoms with van der Waals surface area (Å²) in [5.41, 5.74) is 3.47. The molecule has 0 fully saturated rings. The summed E-state index contributed by atoms with van der Waals surface area (Å²) in [6, 6.07) is 7.52. The normalized spacial score (nSPS) is 12.7. The molecule has 1 heterocycles. The topological polar surface area (TPSA) is 29.9 Å². The largest absolute Gasteiger partial charge is 0.313 e. The number of aromatic nitrogens is 2. The van der Waals surface area contributed by atoms with Gasteiger partial charge in [0.05, 0.1) is 5.69 Å². The summed E-state index contributed by atoms with van der Waals surface area (Å²) in [6.45, 7) is 3.75. The fourth-order valence-corrected chi connectivity index (χ4v) is 2.37. The molecule has 2 aromatic rings. The van der Waals surface area contributed by atoms with Crippen molar-refractivity contribution in [3.05, 3.63) is 52.6 Å². The second kappa shape index (κ2) is 5.53. The molecular formula is C15H20FN3. The average molecular weight is 261 g/mol. The highest BCUT2D eigenvalue weighted by Crippen LogP contribution is 2.23. The van der Waals surface area contributed by atoms with Crippen molar-refractivity contribution in [3.8, 4) is 0 Å². The first kappa shape index (κ1) is 13.7. The zero-order valence-corrected chi connectivity index (χ0v) is 11.9. The Morgan fingerprint density at radius 1 is 1.37 bits per heavy atom. The van der Waals surface area contributed by atoms with Crippen molar-refractivity contribution in [1.29, 1.82) is 0 Å². The van der Waals surface area contributed by atoms with Gasteiger partial charge < -0.3 is 5.32 Å². The van der Waals surface area contributed by atoms with Crippen molar-refractivity contribution in [2.24, 2.45) is 7.05 Å². The standard InChI is InChI=1S/C15H20FN3/c1-10-6-5-7-13(15(10)16)14(17-3)9-12-8-11(2)18-19(12)4/h5-8,14,17H,9H2,1-4H3. The lowest BCUT2D eigenvalue weighted by atomic mass is 9.99. The molecule has 3 nitrogen and oxygen atoms in total. The maximum Gasteiger partial charge on any atom is 0.130 e. The summed E-state index contributed by atoms with van der Waals surface area (Å²) in [7, 11) is 3.78. The maximum absolute atomic E-state index is 14.2. The number of hydrogen-bond acceptors (Lipinski definition) is 2. The lowest BCUT2D eigenvalue weighted by Crippen LogP contribution is -2.21. The van der Waals surface area contributed by atoms with Crippen molar-refractivity contribution in [3.63, 3.8) is 0 Å². The van der Waals surface area contributed by atoms with Gasteiger partial charge in [-0.3, -0.25) is 4.68 Å². The van der Waals surface area contributed by atoms with Gasteiger partial charge in [0, 0.05) is 30.8 Å². The Kier molecular flexibility index (Phi) is 4.00. The first-order chi connectivity index (χ1) is 9.02. The van der Waals surface area contributed by atoms with E-state index in [0.29, 0.717) is 17.5 Å². The molecule has 1 N–H and O–H groups in total. The Labute approximate surface area is 113 Å². The Balaban J connectivity index is 2.30. The molecule has 2 rings (SSSR count). The van der Waals surface area contributed by atoms with Crippen LogP contribution in [0.5, 0.6) is 0 Å². The Morgan fingerprint density at radius 2 is 2.11 bits per heavy atom. The molecule has 1 atom stereocenters. The highest BCUT2D eigenvalue weighted by Gasteiger charge is 2.17. The van der Waals surface area contributed by atoms with Gasteiger partial charge in [-0.2, -0.15) is 5.10 Å². The fraction of sp³-hybridized carbons (Fsp3) is 0.400. The highest BCUT2D eigenvalue weighted by atomic mass is 19.1. The number of benzene rings is 1. The third kappa shape index (κ3) is 2.84. The van der Waals surface area contributed by atoms with Crippen LogP contribution in [0.2, 0.25) is 0 Å². The molecule has 19 heavy (non-hydrogen) atoms. The Hall–Kier alpha value is -1.68. The van der Waals surface area contributed by atoms with E-state index in [9.17, 15) is 4.39 Å². The van der Waals surface area contributed by atoms with Crippen molar-refractivity contribution in [1.82, 2.24) is 15.1 Å². The minimum atomic E-state index is -0.124. The van der Waals surface area contributed by atoms with E-state index in [1.54, 1.807) is 13.0 Å². The third-order valence-electron chi connectivity index (χ3n) is 3.46. The van der Waals surface area contributed by atoms with E-state index in [4.69, 9.17) is 0 Å². The molecule has 0 amide bonds. The van der Waals surface area contributed by atoms with Gasteiger partial charge in [-0.25, -0.2) is 4.39 Å². The van der Waals surface area contributed by atoms with Crippen molar-refractivity contribution in [2.45, 2.75) is 26.3 Å². The molecule has 1 unspecified atom stereocenters. The summed E-state index contributed by atoms with van der Waals surface area (Å²) in [4.78, 5) is 0. The average Bonchev–Trinajstić information content (AvgIpc) is 2.68. The van der Waals surface area contributed by atoms with Gasteiger partial charge in [0.25, 0.3) is 0 Å². The van der Waals surface area contributed by atoms with Crippen LogP contribution in [-0.4, -0.2) is 16.8 Å². The molecule has 0 bridgehead atoms. The van der Waals surface area contributed by atoms with Gasteiger partial charge in [0.1, 0.15) is 5.82 Å². The van der Waals surface area contributed by atoms with E-state index >= 15 is 0 Å². The van der Waals surface area contributed by atoms with Gasteiger partial charge in [-0.1, -0.05) is 18.2 Å². The quantitative estimate of drug-likeness (QED) is 0.917. The summed E-state index contributed by atoms with van der Waals surface area (Å²) >= 11 is 0. The number of nitrogens with zero attached hydrogens (tertiary/aromatic N) is 2. The number of rotatable bonds is 4. The van der Waals surface area contributed by atoms with Gasteiger partial charge in [-0.05, 0) is 32.5 Å². The lowest BCUT2D eigenvalue weighted by Gasteiger charge is -2.18. The fourth-order valence-electron chi connectivity index (χ4n) is 2.37. The molecule has 0 saturated carbocycles. The van der Waals surface area contributed by atoms with Crippen molar-refractivity contribution in [2.75, 3.05) is 7.05 Å². The first-order valence-electron chi connectivity index (χ1n) is 6.44. The van der Waals surface area contributed by atoms with Crippen molar-refractivity contribution < 1.29 is 4.39 Å². The number of aryl methyl sites for hydroxylation is 3.